The smallest absolute Gasteiger partial charge is 0.336 e. The van der Waals surface area contributed by atoms with E-state index >= 15 is 0 Å². The fraction of sp³-hybridized carbons (Fsp3) is 0.300. The van der Waals surface area contributed by atoms with Crippen LogP contribution >= 0.6 is 23.4 Å². The summed E-state index contributed by atoms with van der Waals surface area (Å²) in [4.78, 5) is 11.6. The minimum Gasteiger partial charge on any atom is -0.478 e. The van der Waals surface area contributed by atoms with Gasteiger partial charge < -0.3 is 5.11 Å². The first-order chi connectivity index (χ1) is 6.65. The van der Waals surface area contributed by atoms with Crippen LogP contribution in [0, 0.1) is 0 Å². The highest BCUT2D eigenvalue weighted by Gasteiger charge is 2.10. The van der Waals surface area contributed by atoms with Crippen LogP contribution in [-0.4, -0.2) is 16.8 Å². The van der Waals surface area contributed by atoms with Gasteiger partial charge in [0.25, 0.3) is 0 Å². The molecule has 14 heavy (non-hydrogen) atoms. The van der Waals surface area contributed by atoms with E-state index in [9.17, 15) is 4.79 Å². The van der Waals surface area contributed by atoms with Gasteiger partial charge in [0.2, 0.25) is 0 Å². The lowest BCUT2D eigenvalue weighted by Crippen LogP contribution is -1.98. The molecule has 0 aromatic heterocycles. The summed E-state index contributed by atoms with van der Waals surface area (Å²) < 4.78 is 0. The summed E-state index contributed by atoms with van der Waals surface area (Å²) in [7, 11) is 0. The molecule has 1 rings (SSSR count). The molecule has 76 valence electrons. The summed E-state index contributed by atoms with van der Waals surface area (Å²) in [5.41, 5.74) is 0.288. The number of hydrogen-bond donors (Lipinski definition) is 1. The van der Waals surface area contributed by atoms with Gasteiger partial charge in [0.1, 0.15) is 0 Å². The van der Waals surface area contributed by atoms with Crippen LogP contribution < -0.4 is 0 Å². The second-order valence-electron chi connectivity index (χ2n) is 2.79. The van der Waals surface area contributed by atoms with Crippen molar-refractivity contribution in [3.8, 4) is 0 Å². The van der Waals surface area contributed by atoms with Crippen LogP contribution in [0.15, 0.2) is 23.1 Å². The van der Waals surface area contributed by atoms with Gasteiger partial charge in [-0.15, -0.1) is 11.8 Å². The van der Waals surface area contributed by atoms with Crippen LogP contribution in [0.4, 0.5) is 0 Å². The predicted molar refractivity (Wildman–Crippen MR) is 59.4 cm³/mol. The summed E-state index contributed by atoms with van der Waals surface area (Å²) in [6.07, 6.45) is 1.02. The summed E-state index contributed by atoms with van der Waals surface area (Å²) in [6.45, 7) is 2.06. The van der Waals surface area contributed by atoms with E-state index in [1.807, 2.05) is 0 Å². The maximum atomic E-state index is 10.9. The first kappa shape index (κ1) is 11.4. The van der Waals surface area contributed by atoms with Crippen molar-refractivity contribution < 1.29 is 9.90 Å². The number of carboxylic acid groups (broad SMARTS) is 1. The van der Waals surface area contributed by atoms with E-state index in [4.69, 9.17) is 16.7 Å². The zero-order valence-corrected chi connectivity index (χ0v) is 9.36. The van der Waals surface area contributed by atoms with Gasteiger partial charge in [0.05, 0.1) is 5.56 Å². The number of aromatic carboxylic acids is 1. The van der Waals surface area contributed by atoms with E-state index in [1.165, 1.54) is 6.07 Å². The molecule has 0 unspecified atom stereocenters. The Kier molecular flexibility index (Phi) is 4.29. The summed E-state index contributed by atoms with van der Waals surface area (Å²) >= 11 is 7.27. The van der Waals surface area contributed by atoms with E-state index in [0.717, 1.165) is 17.1 Å². The van der Waals surface area contributed by atoms with E-state index in [-0.39, 0.29) is 5.56 Å². The zero-order valence-electron chi connectivity index (χ0n) is 7.79. The lowest BCUT2D eigenvalue weighted by molar-refractivity contribution is 0.0693. The van der Waals surface area contributed by atoms with Crippen LogP contribution in [0.3, 0.4) is 0 Å². The van der Waals surface area contributed by atoms with Crippen LogP contribution in [0.1, 0.15) is 23.7 Å². The van der Waals surface area contributed by atoms with Gasteiger partial charge in [-0.25, -0.2) is 4.79 Å². The molecule has 1 aromatic carbocycles. The number of benzene rings is 1. The Morgan fingerprint density at radius 2 is 2.29 bits per heavy atom. The molecule has 1 N–H and O–H groups in total. The van der Waals surface area contributed by atoms with Gasteiger partial charge in [-0.05, 0) is 30.4 Å². The normalized spacial score (nSPS) is 10.1. The maximum Gasteiger partial charge on any atom is 0.336 e. The molecule has 0 bridgehead atoms. The molecule has 0 saturated heterocycles. The molecule has 0 amide bonds. The van der Waals surface area contributed by atoms with Gasteiger partial charge in [0, 0.05) is 9.92 Å². The summed E-state index contributed by atoms with van der Waals surface area (Å²) in [6, 6.07) is 4.96. The largest absolute Gasteiger partial charge is 0.478 e. The van der Waals surface area contributed by atoms with Crippen molar-refractivity contribution in [1.29, 1.82) is 0 Å². The first-order valence-corrected chi connectivity index (χ1v) is 5.67. The molecular weight excluding hydrogens is 220 g/mol. The van der Waals surface area contributed by atoms with Gasteiger partial charge in [-0.1, -0.05) is 18.5 Å². The molecule has 0 aliphatic carbocycles. The number of rotatable bonds is 4. The molecule has 0 aliphatic rings. The third kappa shape index (κ3) is 2.93. The zero-order chi connectivity index (χ0) is 10.6. The van der Waals surface area contributed by atoms with Crippen molar-refractivity contribution >= 4 is 29.3 Å². The summed E-state index contributed by atoms with van der Waals surface area (Å²) in [5, 5.41) is 9.38. The molecule has 0 heterocycles. The van der Waals surface area contributed by atoms with E-state index in [1.54, 1.807) is 23.9 Å². The minimum absolute atomic E-state index is 0.288. The number of hydrogen-bond acceptors (Lipinski definition) is 2. The van der Waals surface area contributed by atoms with Crippen LogP contribution in [0.2, 0.25) is 5.02 Å². The van der Waals surface area contributed by atoms with Gasteiger partial charge in [-0.3, -0.25) is 0 Å². The molecule has 0 saturated carbocycles. The number of carboxylic acids is 1. The highest BCUT2D eigenvalue weighted by molar-refractivity contribution is 7.99. The molecule has 0 spiro atoms. The molecule has 1 aromatic rings. The third-order valence-corrected chi connectivity index (χ3v) is 3.15. The molecule has 0 fully saturated rings. The second kappa shape index (κ2) is 5.27. The van der Waals surface area contributed by atoms with E-state index in [0.29, 0.717) is 5.02 Å². The van der Waals surface area contributed by atoms with Crippen molar-refractivity contribution in [2.24, 2.45) is 0 Å². The lowest BCUT2D eigenvalue weighted by atomic mass is 10.2. The monoisotopic (exact) mass is 230 g/mol. The van der Waals surface area contributed by atoms with Gasteiger partial charge >= 0.3 is 5.97 Å². The molecule has 0 atom stereocenters. The second-order valence-corrected chi connectivity index (χ2v) is 4.37. The minimum atomic E-state index is -0.925. The fourth-order valence-corrected chi connectivity index (χ4v) is 2.07. The SMILES string of the molecule is CCCSc1ccc(Cl)cc1C(=O)O. The molecule has 0 radical (unpaired) electrons. The molecule has 0 aliphatic heterocycles. The predicted octanol–water partition coefficient (Wildman–Crippen LogP) is 3.54. The van der Waals surface area contributed by atoms with Crippen LogP contribution in [-0.2, 0) is 0 Å². The van der Waals surface area contributed by atoms with E-state index < -0.39 is 5.97 Å². The number of carbonyl (C=O) groups is 1. The molecule has 4 heteroatoms. The Labute approximate surface area is 92.3 Å². The molecule has 2 nitrogen and oxygen atoms in total. The maximum absolute atomic E-state index is 10.9. The van der Waals surface area contributed by atoms with E-state index in [2.05, 4.69) is 6.92 Å². The quantitative estimate of drug-likeness (QED) is 0.804. The topological polar surface area (TPSA) is 37.3 Å². The Balaban J connectivity index is 2.96. The van der Waals surface area contributed by atoms with Gasteiger partial charge in [-0.2, -0.15) is 0 Å². The first-order valence-electron chi connectivity index (χ1n) is 4.30. The Morgan fingerprint density at radius 1 is 1.57 bits per heavy atom. The number of thioether (sulfide) groups is 1. The van der Waals surface area contributed by atoms with Crippen molar-refractivity contribution in [2.45, 2.75) is 18.2 Å². The van der Waals surface area contributed by atoms with Crippen molar-refractivity contribution in [3.63, 3.8) is 0 Å². The lowest BCUT2D eigenvalue weighted by Gasteiger charge is -2.04. The highest BCUT2D eigenvalue weighted by Crippen LogP contribution is 2.26. The van der Waals surface area contributed by atoms with Crippen molar-refractivity contribution in [2.75, 3.05) is 5.75 Å². The Hall–Kier alpha value is -0.670. The van der Waals surface area contributed by atoms with Crippen molar-refractivity contribution in [1.82, 2.24) is 0 Å². The summed E-state index contributed by atoms with van der Waals surface area (Å²) in [5.74, 6) is -0.00634. The highest BCUT2D eigenvalue weighted by atomic mass is 35.5. The standard InChI is InChI=1S/C10H11ClO2S/c1-2-5-14-9-4-3-7(11)6-8(9)10(12)13/h3-4,6H,2,5H2,1H3,(H,12,13). The van der Waals surface area contributed by atoms with Crippen LogP contribution in [0.5, 0.6) is 0 Å². The van der Waals surface area contributed by atoms with Crippen LogP contribution in [0.25, 0.3) is 0 Å². The molecular formula is C10H11ClO2S. The fourth-order valence-electron chi connectivity index (χ4n) is 1.01. The third-order valence-electron chi connectivity index (χ3n) is 1.63. The van der Waals surface area contributed by atoms with Gasteiger partial charge in [0.15, 0.2) is 0 Å². The van der Waals surface area contributed by atoms with Crippen molar-refractivity contribution in [3.05, 3.63) is 28.8 Å². The Morgan fingerprint density at radius 3 is 2.86 bits per heavy atom. The number of halogens is 1. The Bertz CT molecular complexity index is 339. The average Bonchev–Trinajstić information content (AvgIpc) is 2.15. The average molecular weight is 231 g/mol.